The number of carbonyl (C=O) groups excluding carboxylic acids is 5. The van der Waals surface area contributed by atoms with Crippen molar-refractivity contribution in [3.63, 3.8) is 0 Å². The molecule has 9 atom stereocenters. The number of rotatable bonds is 2. The third-order valence-corrected chi connectivity index (χ3v) is 9.80. The van der Waals surface area contributed by atoms with Crippen LogP contribution >= 0.6 is 0 Å². The number of aromatic hydroxyl groups is 1. The lowest BCUT2D eigenvalue weighted by Crippen LogP contribution is -2.46. The molecule has 5 rings (SSSR count). The number of aliphatic hydroxyl groups excluding tert-OH is 2. The Bertz CT molecular complexity index is 1720. The third-order valence-electron chi connectivity index (χ3n) is 9.80. The molecule has 4 N–H and O–H groups in total. The van der Waals surface area contributed by atoms with Gasteiger partial charge in [-0.1, -0.05) is 45.9 Å². The van der Waals surface area contributed by atoms with Crippen molar-refractivity contribution in [2.75, 3.05) is 7.11 Å². The first kappa shape index (κ1) is 38.2. The molecule has 4 aliphatic rings. The summed E-state index contributed by atoms with van der Waals surface area (Å²) >= 11 is 0. The number of ketones is 3. The van der Waals surface area contributed by atoms with Crippen molar-refractivity contribution in [3.8, 4) is 11.5 Å². The lowest BCUT2D eigenvalue weighted by atomic mass is 9.78. The Hall–Kier alpha value is -4.59. The van der Waals surface area contributed by atoms with Crippen LogP contribution in [0.4, 0.5) is 0 Å². The van der Waals surface area contributed by atoms with E-state index in [-0.39, 0.29) is 28.0 Å². The number of phenolic OH excluding ortho intramolecular Hbond substituents is 1. The molecule has 3 heterocycles. The first-order chi connectivity index (χ1) is 23.4. The molecule has 0 fully saturated rings. The number of allylic oxidation sites excluding steroid dienone is 4. The fraction of sp³-hybridized carbons (Fsp3) is 0.486. The van der Waals surface area contributed by atoms with Gasteiger partial charge < -0.3 is 39.6 Å². The number of hydrogen-bond acceptors (Lipinski definition) is 12. The molecule has 1 aliphatic carbocycles. The lowest BCUT2D eigenvalue weighted by molar-refractivity contribution is -0.160. The zero-order valence-electron chi connectivity index (χ0n) is 29.6. The summed E-state index contributed by atoms with van der Waals surface area (Å²) in [6, 6.07) is 0. The van der Waals surface area contributed by atoms with Crippen molar-refractivity contribution in [1.82, 2.24) is 5.32 Å². The van der Waals surface area contributed by atoms with E-state index >= 15 is 0 Å². The van der Waals surface area contributed by atoms with Crippen LogP contribution in [-0.2, 0) is 23.8 Å². The highest BCUT2D eigenvalue weighted by atomic mass is 16.7. The summed E-state index contributed by atoms with van der Waals surface area (Å²) in [5.41, 5.74) is -1.31. The van der Waals surface area contributed by atoms with Gasteiger partial charge in [-0.15, -0.1) is 0 Å². The van der Waals surface area contributed by atoms with Gasteiger partial charge in [0.05, 0.1) is 47.0 Å². The topological polar surface area (TPSA) is 195 Å². The number of carbonyl (C=O) groups is 5. The summed E-state index contributed by atoms with van der Waals surface area (Å²) in [5, 5.41) is 36.1. The van der Waals surface area contributed by atoms with Crippen molar-refractivity contribution in [2.45, 2.75) is 85.6 Å². The number of Topliss-reactive ketones (excluding diaryl/α,β-unsaturated/α-hetero) is 2. The molecule has 0 saturated carbocycles. The Labute approximate surface area is 290 Å². The van der Waals surface area contributed by atoms with Gasteiger partial charge in [0.2, 0.25) is 5.78 Å². The largest absolute Gasteiger partial charge is 0.507 e. The normalized spacial score (nSPS) is 34.5. The molecular formula is C37H45NO12. The maximum Gasteiger partial charge on any atom is 0.312 e. The average Bonchev–Trinajstić information content (AvgIpc) is 3.33. The smallest absolute Gasteiger partial charge is 0.312 e. The van der Waals surface area contributed by atoms with Crippen molar-refractivity contribution in [1.29, 1.82) is 0 Å². The lowest BCUT2D eigenvalue weighted by Gasteiger charge is -2.38. The first-order valence-corrected chi connectivity index (χ1v) is 16.4. The molecule has 0 aromatic heterocycles. The molecule has 1 aromatic carbocycles. The number of esters is 1. The fourth-order valence-corrected chi connectivity index (χ4v) is 6.62. The highest BCUT2D eigenvalue weighted by Crippen LogP contribution is 2.47. The van der Waals surface area contributed by atoms with Crippen LogP contribution in [0, 0.1) is 30.6 Å². The first-order valence-electron chi connectivity index (χ1n) is 16.4. The van der Waals surface area contributed by atoms with E-state index in [4.69, 9.17) is 18.9 Å². The van der Waals surface area contributed by atoms with Crippen molar-refractivity contribution >= 4 is 29.2 Å². The van der Waals surface area contributed by atoms with Gasteiger partial charge in [-0.3, -0.25) is 24.0 Å². The Morgan fingerprint density at radius 3 is 2.22 bits per heavy atom. The van der Waals surface area contributed by atoms with E-state index in [1.165, 1.54) is 47.0 Å². The van der Waals surface area contributed by atoms with Crippen LogP contribution in [0.25, 0.3) is 0 Å². The van der Waals surface area contributed by atoms with Crippen LogP contribution in [0.5, 0.6) is 11.5 Å². The van der Waals surface area contributed by atoms with Crippen LogP contribution in [0.3, 0.4) is 0 Å². The zero-order valence-corrected chi connectivity index (χ0v) is 29.6. The minimum Gasteiger partial charge on any atom is -0.507 e. The molecule has 0 spiro atoms. The highest BCUT2D eigenvalue weighted by molar-refractivity contribution is 6.30. The minimum atomic E-state index is -2.03. The molecule has 0 radical (unpaired) electrons. The van der Waals surface area contributed by atoms with E-state index in [0.717, 1.165) is 12.3 Å². The minimum absolute atomic E-state index is 0.00885. The van der Waals surface area contributed by atoms with E-state index in [0.29, 0.717) is 0 Å². The zero-order chi connectivity index (χ0) is 37.4. The number of amides is 1. The number of aliphatic hydroxyl groups is 2. The van der Waals surface area contributed by atoms with Crippen LogP contribution < -0.4 is 10.1 Å². The Morgan fingerprint density at radius 1 is 0.940 bits per heavy atom. The molecule has 3 aliphatic heterocycles. The second-order valence-electron chi connectivity index (χ2n) is 13.4. The summed E-state index contributed by atoms with van der Waals surface area (Å²) < 4.78 is 23.1. The van der Waals surface area contributed by atoms with Crippen molar-refractivity contribution in [3.05, 3.63) is 70.2 Å². The number of phenols is 1. The second-order valence-corrected chi connectivity index (χ2v) is 13.4. The van der Waals surface area contributed by atoms with Crippen molar-refractivity contribution in [2.24, 2.45) is 23.7 Å². The summed E-state index contributed by atoms with van der Waals surface area (Å²) in [5.74, 6) is -8.99. The molecule has 50 heavy (non-hydrogen) atoms. The fourth-order valence-electron chi connectivity index (χ4n) is 6.62. The summed E-state index contributed by atoms with van der Waals surface area (Å²) in [6.45, 7) is 12.3. The summed E-state index contributed by atoms with van der Waals surface area (Å²) in [7, 11) is 1.42. The van der Waals surface area contributed by atoms with Gasteiger partial charge in [-0.2, -0.15) is 0 Å². The molecule has 270 valence electrons. The summed E-state index contributed by atoms with van der Waals surface area (Å²) in [6.07, 6.45) is 4.31. The average molecular weight is 696 g/mol. The Morgan fingerprint density at radius 2 is 1.60 bits per heavy atom. The van der Waals surface area contributed by atoms with Gasteiger partial charge in [0, 0.05) is 61.8 Å². The number of nitrogens with one attached hydrogen (secondary N) is 1. The van der Waals surface area contributed by atoms with E-state index < -0.39 is 100 Å². The molecule has 13 heteroatoms. The van der Waals surface area contributed by atoms with Crippen LogP contribution in [0.2, 0.25) is 0 Å². The molecule has 13 nitrogen and oxygen atoms in total. The van der Waals surface area contributed by atoms with E-state index in [1.54, 1.807) is 39.8 Å². The van der Waals surface area contributed by atoms with Gasteiger partial charge in [0.15, 0.2) is 5.78 Å². The molecule has 1 aromatic rings. The molecule has 0 saturated heterocycles. The Kier molecular flexibility index (Phi) is 11.2. The quantitative estimate of drug-likeness (QED) is 0.329. The molecule has 1 amide bonds. The predicted molar refractivity (Wildman–Crippen MR) is 179 cm³/mol. The second kappa shape index (κ2) is 14.7. The van der Waals surface area contributed by atoms with E-state index in [2.05, 4.69) is 5.32 Å². The van der Waals surface area contributed by atoms with Crippen molar-refractivity contribution < 1.29 is 58.2 Å². The number of benzene rings is 1. The standard InChI is InChI=1S/C37H45NO12/c1-16-11-10-12-17(2)36(46)38-23-15-24(40)26-27(32(23)44)31(43)21(6)34-28(26)35(45)37(8,50-34)48-14-13-25(47-9)18(3)33(49-22(7)39)20(5)30(42)19(4)29(16)41/h10-16,18-20,25,29-30,33,41-43H,1-9H3,(H,38,46)/b11-10+,14-13+,17-12+/t16-,18+,19+,20+,25-,29-,30+,33+,37-/m0/s1. The monoisotopic (exact) mass is 695 g/mol. The van der Waals surface area contributed by atoms with Gasteiger partial charge >= 0.3 is 11.8 Å². The van der Waals surface area contributed by atoms with Crippen LogP contribution in [-0.4, -0.2) is 81.9 Å². The van der Waals surface area contributed by atoms with E-state index in [9.17, 15) is 39.3 Å². The predicted octanol–water partition coefficient (Wildman–Crippen LogP) is 3.63. The molecule has 0 unspecified atom stereocenters. The van der Waals surface area contributed by atoms with Crippen LogP contribution in [0.1, 0.15) is 85.1 Å². The van der Waals surface area contributed by atoms with E-state index in [1.807, 2.05) is 0 Å². The number of hydrogen-bond donors (Lipinski definition) is 4. The van der Waals surface area contributed by atoms with Gasteiger partial charge in [-0.05, 0) is 19.9 Å². The maximum atomic E-state index is 13.9. The SMILES string of the molecule is CO[C@H]1/C=C/O[C@@]2(C)Oc3c(C)c(O)c4c(c3C2=O)C(=O)C=C(NC(=O)/C(C)=C/C=C/[C@H](C)[C@H](O)[C@@H](C)[C@@H](O)[C@@H](C)[C@H](OC(C)=O)[C@@H]1C)C4=O. The number of fused-ring (bicyclic) bond motifs is 14. The molecule has 5 bridgehead atoms. The maximum absolute atomic E-state index is 13.9. The van der Waals surface area contributed by atoms with Gasteiger partial charge in [0.25, 0.3) is 11.7 Å². The highest BCUT2D eigenvalue weighted by Gasteiger charge is 2.51. The molecular weight excluding hydrogens is 650 g/mol. The van der Waals surface area contributed by atoms with Gasteiger partial charge in [-0.25, -0.2) is 0 Å². The van der Waals surface area contributed by atoms with Crippen LogP contribution in [0.15, 0.2) is 47.9 Å². The third kappa shape index (κ3) is 7.03. The van der Waals surface area contributed by atoms with Gasteiger partial charge in [0.1, 0.15) is 17.6 Å². The number of ether oxygens (including phenoxy) is 4. The Balaban J connectivity index is 1.83. The number of methoxy groups -OCH3 is 1. The summed E-state index contributed by atoms with van der Waals surface area (Å²) in [4.78, 5) is 66.2.